The summed E-state index contributed by atoms with van der Waals surface area (Å²) in [6.07, 6.45) is 5.46. The van der Waals surface area contributed by atoms with E-state index >= 15 is 0 Å². The number of aryl methyl sites for hydroxylation is 1. The van der Waals surface area contributed by atoms with Gasteiger partial charge in [0.1, 0.15) is 5.82 Å². The topological polar surface area (TPSA) is 65.4 Å². The van der Waals surface area contributed by atoms with Crippen molar-refractivity contribution in [2.24, 2.45) is 11.8 Å². The van der Waals surface area contributed by atoms with Crippen LogP contribution in [0.4, 0.5) is 0 Å². The van der Waals surface area contributed by atoms with Crippen LogP contribution in [0.3, 0.4) is 0 Å². The highest BCUT2D eigenvalue weighted by Gasteiger charge is 2.24. The number of hydrogen-bond acceptors (Lipinski definition) is 4. The highest BCUT2D eigenvalue weighted by Crippen LogP contribution is 2.34. The number of hydrogen-bond donors (Lipinski definition) is 1. The third kappa shape index (κ3) is 4.66. The standard InChI is InChI=1S/C22H31N3O3/c1-5-20-23-9-10-25(20)14-16(4)22(26)24-21(15(2)3)17-7-8-18-19(13-17)28-12-6-11-27-18/h7-10,13,15-16,21H,5-6,11-12,14H2,1-4H3,(H,24,26). The van der Waals surface area contributed by atoms with Crippen LogP contribution in [0.15, 0.2) is 30.6 Å². The molecule has 3 rings (SSSR count). The number of amides is 1. The number of carbonyl (C=O) groups is 1. The molecule has 0 radical (unpaired) electrons. The monoisotopic (exact) mass is 385 g/mol. The van der Waals surface area contributed by atoms with E-state index in [1.807, 2.05) is 31.3 Å². The molecule has 1 aliphatic heterocycles. The fourth-order valence-electron chi connectivity index (χ4n) is 3.50. The number of nitrogens with zero attached hydrogens (tertiary/aromatic N) is 2. The number of benzene rings is 1. The molecular formula is C22H31N3O3. The molecule has 0 spiro atoms. The predicted molar refractivity (Wildman–Crippen MR) is 109 cm³/mol. The van der Waals surface area contributed by atoms with Gasteiger partial charge in [0.25, 0.3) is 0 Å². The first kappa shape index (κ1) is 20.2. The Kier molecular flexibility index (Phi) is 6.60. The van der Waals surface area contributed by atoms with Gasteiger partial charge >= 0.3 is 0 Å². The average molecular weight is 386 g/mol. The van der Waals surface area contributed by atoms with Crippen molar-refractivity contribution < 1.29 is 14.3 Å². The van der Waals surface area contributed by atoms with Crippen LogP contribution in [0.25, 0.3) is 0 Å². The molecule has 0 saturated carbocycles. The lowest BCUT2D eigenvalue weighted by Crippen LogP contribution is -2.37. The second kappa shape index (κ2) is 9.13. The maximum absolute atomic E-state index is 12.9. The molecule has 6 nitrogen and oxygen atoms in total. The molecule has 152 valence electrons. The number of ether oxygens (including phenoxy) is 2. The van der Waals surface area contributed by atoms with Gasteiger partial charge in [-0.3, -0.25) is 4.79 Å². The van der Waals surface area contributed by atoms with Crippen LogP contribution in [0.5, 0.6) is 11.5 Å². The number of aromatic nitrogens is 2. The largest absolute Gasteiger partial charge is 0.490 e. The zero-order chi connectivity index (χ0) is 20.1. The van der Waals surface area contributed by atoms with Crippen molar-refractivity contribution in [3.8, 4) is 11.5 Å². The van der Waals surface area contributed by atoms with Crippen LogP contribution < -0.4 is 14.8 Å². The van der Waals surface area contributed by atoms with Crippen LogP contribution in [0.1, 0.15) is 51.5 Å². The van der Waals surface area contributed by atoms with Crippen LogP contribution >= 0.6 is 0 Å². The molecule has 2 heterocycles. The van der Waals surface area contributed by atoms with E-state index in [9.17, 15) is 4.79 Å². The Balaban J connectivity index is 1.72. The van der Waals surface area contributed by atoms with Crippen molar-refractivity contribution in [1.82, 2.24) is 14.9 Å². The van der Waals surface area contributed by atoms with Crippen LogP contribution in [0, 0.1) is 11.8 Å². The van der Waals surface area contributed by atoms with E-state index in [-0.39, 0.29) is 23.8 Å². The minimum atomic E-state index is -0.152. The van der Waals surface area contributed by atoms with Gasteiger partial charge in [-0.1, -0.05) is 33.8 Å². The first-order chi connectivity index (χ1) is 13.5. The van der Waals surface area contributed by atoms with Gasteiger partial charge in [-0.05, 0) is 23.6 Å². The summed E-state index contributed by atoms with van der Waals surface area (Å²) < 4.78 is 13.6. The molecule has 1 aliphatic rings. The SMILES string of the molecule is CCc1nccn1CC(C)C(=O)NC(c1ccc2c(c1)OCCCO2)C(C)C. The smallest absolute Gasteiger partial charge is 0.225 e. The van der Waals surface area contributed by atoms with Crippen molar-refractivity contribution in [3.63, 3.8) is 0 Å². The van der Waals surface area contributed by atoms with E-state index in [1.54, 1.807) is 6.20 Å². The Morgan fingerprint density at radius 3 is 2.68 bits per heavy atom. The highest BCUT2D eigenvalue weighted by atomic mass is 16.5. The Labute approximate surface area is 167 Å². The van der Waals surface area contributed by atoms with Gasteiger partial charge in [-0.15, -0.1) is 0 Å². The van der Waals surface area contributed by atoms with E-state index < -0.39 is 0 Å². The van der Waals surface area contributed by atoms with E-state index in [1.165, 1.54) is 0 Å². The molecule has 2 aromatic rings. The summed E-state index contributed by atoms with van der Waals surface area (Å²) in [5.74, 6) is 2.68. The summed E-state index contributed by atoms with van der Waals surface area (Å²) in [5, 5.41) is 3.24. The highest BCUT2D eigenvalue weighted by molar-refractivity contribution is 5.78. The van der Waals surface area contributed by atoms with Crippen molar-refractivity contribution in [1.29, 1.82) is 0 Å². The average Bonchev–Trinajstić information content (AvgIpc) is 2.99. The summed E-state index contributed by atoms with van der Waals surface area (Å²) in [7, 11) is 0. The Morgan fingerprint density at radius 2 is 1.96 bits per heavy atom. The summed E-state index contributed by atoms with van der Waals surface area (Å²) in [6, 6.07) is 5.88. The molecule has 0 aliphatic carbocycles. The number of imidazole rings is 1. The lowest BCUT2D eigenvalue weighted by Gasteiger charge is -2.26. The lowest BCUT2D eigenvalue weighted by molar-refractivity contribution is -0.126. The van der Waals surface area contributed by atoms with Crippen molar-refractivity contribution in [2.45, 2.75) is 53.1 Å². The van der Waals surface area contributed by atoms with E-state index in [4.69, 9.17) is 9.47 Å². The van der Waals surface area contributed by atoms with Gasteiger partial charge in [0, 0.05) is 31.8 Å². The third-order valence-electron chi connectivity index (χ3n) is 5.13. The molecule has 0 saturated heterocycles. The number of rotatable bonds is 7. The van der Waals surface area contributed by atoms with Crippen molar-refractivity contribution in [3.05, 3.63) is 42.0 Å². The molecule has 6 heteroatoms. The summed E-state index contributed by atoms with van der Waals surface area (Å²) >= 11 is 0. The zero-order valence-corrected chi connectivity index (χ0v) is 17.3. The zero-order valence-electron chi connectivity index (χ0n) is 17.3. The number of carbonyl (C=O) groups excluding carboxylic acids is 1. The summed E-state index contributed by atoms with van der Waals surface area (Å²) in [4.78, 5) is 17.2. The quantitative estimate of drug-likeness (QED) is 0.788. The van der Waals surface area contributed by atoms with Crippen molar-refractivity contribution >= 4 is 5.91 Å². The van der Waals surface area contributed by atoms with Gasteiger partial charge in [-0.25, -0.2) is 4.98 Å². The fraction of sp³-hybridized carbons (Fsp3) is 0.545. The van der Waals surface area contributed by atoms with Gasteiger partial charge < -0.3 is 19.4 Å². The maximum Gasteiger partial charge on any atom is 0.225 e. The van der Waals surface area contributed by atoms with E-state index in [0.29, 0.717) is 19.8 Å². The number of nitrogens with one attached hydrogen (secondary N) is 1. The van der Waals surface area contributed by atoms with Crippen LogP contribution in [-0.2, 0) is 17.8 Å². The Bertz CT molecular complexity index is 800. The van der Waals surface area contributed by atoms with Gasteiger partial charge in [0.05, 0.1) is 25.2 Å². The minimum Gasteiger partial charge on any atom is -0.490 e. The molecule has 1 amide bonds. The minimum absolute atomic E-state index is 0.0431. The fourth-order valence-corrected chi connectivity index (χ4v) is 3.50. The first-order valence-electron chi connectivity index (χ1n) is 10.2. The van der Waals surface area contributed by atoms with E-state index in [2.05, 4.69) is 35.6 Å². The van der Waals surface area contributed by atoms with Gasteiger partial charge in [0.15, 0.2) is 11.5 Å². The first-order valence-corrected chi connectivity index (χ1v) is 10.2. The molecule has 1 aromatic heterocycles. The Morgan fingerprint density at radius 1 is 1.21 bits per heavy atom. The summed E-state index contributed by atoms with van der Waals surface area (Å²) in [5.41, 5.74) is 1.04. The molecule has 2 unspecified atom stereocenters. The Hall–Kier alpha value is -2.50. The molecule has 2 atom stereocenters. The summed E-state index contributed by atoms with van der Waals surface area (Å²) in [6.45, 7) is 10.2. The van der Waals surface area contributed by atoms with Gasteiger partial charge in [-0.2, -0.15) is 0 Å². The second-order valence-electron chi connectivity index (χ2n) is 7.74. The number of fused-ring (bicyclic) bond motifs is 1. The molecular weight excluding hydrogens is 354 g/mol. The lowest BCUT2D eigenvalue weighted by atomic mass is 9.94. The predicted octanol–water partition coefficient (Wildman–Crippen LogP) is 3.76. The molecule has 1 N–H and O–H groups in total. The second-order valence-corrected chi connectivity index (χ2v) is 7.74. The molecule has 28 heavy (non-hydrogen) atoms. The van der Waals surface area contributed by atoms with Crippen molar-refractivity contribution in [2.75, 3.05) is 13.2 Å². The third-order valence-corrected chi connectivity index (χ3v) is 5.13. The molecule has 0 fully saturated rings. The normalized spacial score (nSPS) is 15.8. The van der Waals surface area contributed by atoms with E-state index in [0.717, 1.165) is 35.7 Å². The van der Waals surface area contributed by atoms with Crippen LogP contribution in [-0.4, -0.2) is 28.7 Å². The van der Waals surface area contributed by atoms with Crippen LogP contribution in [0.2, 0.25) is 0 Å². The van der Waals surface area contributed by atoms with Gasteiger partial charge in [0.2, 0.25) is 5.91 Å². The maximum atomic E-state index is 12.9. The molecule has 1 aromatic carbocycles. The molecule has 0 bridgehead atoms.